The summed E-state index contributed by atoms with van der Waals surface area (Å²) in [6, 6.07) is 10.3. The molecule has 0 fully saturated rings. The smallest absolute Gasteiger partial charge is 0.226 e. The van der Waals surface area contributed by atoms with E-state index in [1.165, 1.54) is 6.20 Å². The molecule has 0 radical (unpaired) electrons. The minimum absolute atomic E-state index is 0.0448. The summed E-state index contributed by atoms with van der Waals surface area (Å²) >= 11 is 5.76. The average Bonchev–Trinajstić information content (AvgIpc) is 2.51. The second-order valence-electron chi connectivity index (χ2n) is 5.50. The van der Waals surface area contributed by atoms with E-state index in [9.17, 15) is 9.90 Å². The zero-order valence-corrected chi connectivity index (χ0v) is 13.7. The van der Waals surface area contributed by atoms with Gasteiger partial charge in [-0.2, -0.15) is 0 Å². The maximum atomic E-state index is 11.8. The summed E-state index contributed by atoms with van der Waals surface area (Å²) in [5, 5.41) is 13.0. The van der Waals surface area contributed by atoms with Gasteiger partial charge in [0.05, 0.1) is 17.5 Å². The largest absolute Gasteiger partial charge is 0.439 e. The summed E-state index contributed by atoms with van der Waals surface area (Å²) in [5.74, 6) is 0.855. The molecule has 0 aliphatic rings. The molecule has 0 saturated carbocycles. The maximum Gasteiger partial charge on any atom is 0.226 e. The zero-order valence-electron chi connectivity index (χ0n) is 13.0. The molecule has 2 aromatic rings. The van der Waals surface area contributed by atoms with Crippen molar-refractivity contribution in [1.82, 2.24) is 4.98 Å². The molecule has 2 N–H and O–H groups in total. The van der Waals surface area contributed by atoms with Gasteiger partial charge in [-0.1, -0.05) is 25.4 Å². The van der Waals surface area contributed by atoms with E-state index < -0.39 is 6.10 Å². The Morgan fingerprint density at radius 3 is 2.52 bits per heavy atom. The normalized spacial score (nSPS) is 12.0. The van der Waals surface area contributed by atoms with E-state index in [2.05, 4.69) is 10.3 Å². The van der Waals surface area contributed by atoms with E-state index in [0.29, 0.717) is 22.3 Å². The SMILES string of the molecule is CC(C)C(O)CC(=O)Nc1ccc(Oc2ccc(Cl)cn2)cc1. The molecule has 6 heteroatoms. The molecule has 1 aromatic carbocycles. The predicted molar refractivity (Wildman–Crippen MR) is 89.9 cm³/mol. The van der Waals surface area contributed by atoms with E-state index in [4.69, 9.17) is 16.3 Å². The minimum Gasteiger partial charge on any atom is -0.439 e. The van der Waals surface area contributed by atoms with Crippen LogP contribution in [0.4, 0.5) is 5.69 Å². The van der Waals surface area contributed by atoms with Crippen molar-refractivity contribution in [2.24, 2.45) is 5.92 Å². The third-order valence-electron chi connectivity index (χ3n) is 3.22. The Bertz CT molecular complexity index is 642. The van der Waals surface area contributed by atoms with Gasteiger partial charge in [0.1, 0.15) is 5.75 Å². The van der Waals surface area contributed by atoms with Crippen LogP contribution in [-0.4, -0.2) is 22.1 Å². The number of carbonyl (C=O) groups excluding carboxylic acids is 1. The lowest BCUT2D eigenvalue weighted by molar-refractivity contribution is -0.118. The van der Waals surface area contributed by atoms with Gasteiger partial charge in [0, 0.05) is 18.0 Å². The van der Waals surface area contributed by atoms with Crippen LogP contribution in [0, 0.1) is 5.92 Å². The number of aliphatic hydroxyl groups is 1. The van der Waals surface area contributed by atoms with Crippen LogP contribution < -0.4 is 10.1 Å². The molecular weight excluding hydrogens is 316 g/mol. The van der Waals surface area contributed by atoms with Crippen LogP contribution in [0.25, 0.3) is 0 Å². The Hall–Kier alpha value is -2.11. The van der Waals surface area contributed by atoms with Gasteiger partial charge in [-0.05, 0) is 36.2 Å². The number of hydrogen-bond donors (Lipinski definition) is 2. The molecule has 2 rings (SSSR count). The Balaban J connectivity index is 1.91. The first-order valence-electron chi connectivity index (χ1n) is 7.31. The van der Waals surface area contributed by atoms with Crippen molar-refractivity contribution in [3.63, 3.8) is 0 Å². The quantitative estimate of drug-likeness (QED) is 0.841. The highest BCUT2D eigenvalue weighted by atomic mass is 35.5. The van der Waals surface area contributed by atoms with Crippen molar-refractivity contribution in [2.75, 3.05) is 5.32 Å². The molecular formula is C17H19ClN2O3. The fraction of sp³-hybridized carbons (Fsp3) is 0.294. The molecule has 1 amide bonds. The predicted octanol–water partition coefficient (Wildman–Crippen LogP) is 3.87. The van der Waals surface area contributed by atoms with Gasteiger partial charge in [-0.25, -0.2) is 4.98 Å². The second kappa shape index (κ2) is 7.94. The summed E-state index contributed by atoms with van der Waals surface area (Å²) in [4.78, 5) is 15.9. The number of pyridine rings is 1. The molecule has 1 unspecified atom stereocenters. The molecule has 23 heavy (non-hydrogen) atoms. The molecule has 5 nitrogen and oxygen atoms in total. The minimum atomic E-state index is -0.645. The number of nitrogens with zero attached hydrogens (tertiary/aromatic N) is 1. The Morgan fingerprint density at radius 2 is 1.96 bits per heavy atom. The van der Waals surface area contributed by atoms with Crippen molar-refractivity contribution in [3.8, 4) is 11.6 Å². The van der Waals surface area contributed by atoms with Crippen LogP contribution in [0.3, 0.4) is 0 Å². The van der Waals surface area contributed by atoms with Gasteiger partial charge in [-0.3, -0.25) is 4.79 Å². The molecule has 1 heterocycles. The molecule has 122 valence electrons. The standard InChI is InChI=1S/C17H19ClN2O3/c1-11(2)15(21)9-16(22)20-13-4-6-14(7-5-13)23-17-8-3-12(18)10-19-17/h3-8,10-11,15,21H,9H2,1-2H3,(H,20,22). The number of ether oxygens (including phenoxy) is 1. The number of benzene rings is 1. The molecule has 0 saturated heterocycles. The molecule has 1 aromatic heterocycles. The maximum absolute atomic E-state index is 11.8. The summed E-state index contributed by atoms with van der Waals surface area (Å²) in [5.41, 5.74) is 0.641. The number of hydrogen-bond acceptors (Lipinski definition) is 4. The van der Waals surface area contributed by atoms with Crippen LogP contribution in [-0.2, 0) is 4.79 Å². The number of rotatable bonds is 6. The van der Waals surface area contributed by atoms with Crippen molar-refractivity contribution < 1.29 is 14.6 Å². The van der Waals surface area contributed by atoms with Gasteiger partial charge in [0.2, 0.25) is 11.8 Å². The van der Waals surface area contributed by atoms with Gasteiger partial charge in [-0.15, -0.1) is 0 Å². The summed E-state index contributed by atoms with van der Waals surface area (Å²) in [6.07, 6.45) is 0.935. The number of halogens is 1. The second-order valence-corrected chi connectivity index (χ2v) is 5.94. The van der Waals surface area contributed by atoms with Gasteiger partial charge < -0.3 is 15.2 Å². The van der Waals surface area contributed by atoms with Crippen LogP contribution >= 0.6 is 11.6 Å². The zero-order chi connectivity index (χ0) is 16.8. The number of amides is 1. The highest BCUT2D eigenvalue weighted by Crippen LogP contribution is 2.22. The summed E-state index contributed by atoms with van der Waals surface area (Å²) in [7, 11) is 0. The lowest BCUT2D eigenvalue weighted by Gasteiger charge is -2.14. The third kappa shape index (κ3) is 5.54. The Morgan fingerprint density at radius 1 is 1.26 bits per heavy atom. The van der Waals surface area contributed by atoms with Crippen LogP contribution in [0.5, 0.6) is 11.6 Å². The molecule has 1 atom stereocenters. The Kier molecular flexibility index (Phi) is 5.96. The van der Waals surface area contributed by atoms with Crippen LogP contribution in [0.15, 0.2) is 42.6 Å². The van der Waals surface area contributed by atoms with Crippen molar-refractivity contribution in [3.05, 3.63) is 47.6 Å². The van der Waals surface area contributed by atoms with Gasteiger partial charge >= 0.3 is 0 Å². The molecule has 0 bridgehead atoms. The third-order valence-corrected chi connectivity index (χ3v) is 3.45. The van der Waals surface area contributed by atoms with Gasteiger partial charge in [0.15, 0.2) is 0 Å². The van der Waals surface area contributed by atoms with Crippen LogP contribution in [0.2, 0.25) is 5.02 Å². The van der Waals surface area contributed by atoms with E-state index in [0.717, 1.165) is 0 Å². The first-order valence-corrected chi connectivity index (χ1v) is 7.69. The number of carbonyl (C=O) groups is 1. The summed E-state index contributed by atoms with van der Waals surface area (Å²) < 4.78 is 5.57. The lowest BCUT2D eigenvalue weighted by Crippen LogP contribution is -2.23. The first kappa shape index (κ1) is 17.2. The highest BCUT2D eigenvalue weighted by molar-refractivity contribution is 6.30. The summed E-state index contributed by atoms with van der Waals surface area (Å²) in [6.45, 7) is 3.74. The van der Waals surface area contributed by atoms with Crippen molar-refractivity contribution in [2.45, 2.75) is 26.4 Å². The van der Waals surface area contributed by atoms with Crippen LogP contribution in [0.1, 0.15) is 20.3 Å². The van der Waals surface area contributed by atoms with E-state index >= 15 is 0 Å². The first-order chi connectivity index (χ1) is 10.9. The van der Waals surface area contributed by atoms with Crippen molar-refractivity contribution >= 4 is 23.2 Å². The molecule has 0 aliphatic carbocycles. The highest BCUT2D eigenvalue weighted by Gasteiger charge is 2.14. The van der Waals surface area contributed by atoms with Gasteiger partial charge in [0.25, 0.3) is 0 Å². The number of aromatic nitrogens is 1. The van der Waals surface area contributed by atoms with E-state index in [1.54, 1.807) is 36.4 Å². The lowest BCUT2D eigenvalue weighted by atomic mass is 10.0. The number of anilines is 1. The fourth-order valence-corrected chi connectivity index (χ4v) is 1.90. The van der Waals surface area contributed by atoms with E-state index in [1.807, 2.05) is 13.8 Å². The number of nitrogens with one attached hydrogen (secondary N) is 1. The topological polar surface area (TPSA) is 71.5 Å². The molecule has 0 aliphatic heterocycles. The van der Waals surface area contributed by atoms with Crippen molar-refractivity contribution in [1.29, 1.82) is 0 Å². The Labute approximate surface area is 140 Å². The monoisotopic (exact) mass is 334 g/mol. The number of aliphatic hydroxyl groups excluding tert-OH is 1. The fourth-order valence-electron chi connectivity index (χ4n) is 1.79. The average molecular weight is 335 g/mol. The molecule has 0 spiro atoms. The van der Waals surface area contributed by atoms with E-state index in [-0.39, 0.29) is 18.2 Å².